The number of nitrogens with zero attached hydrogens (tertiary/aromatic N) is 2. The van der Waals surface area contributed by atoms with Crippen LogP contribution in [0.3, 0.4) is 0 Å². The van der Waals surface area contributed by atoms with Crippen LogP contribution in [0.4, 0.5) is 0 Å². The third kappa shape index (κ3) is 3.08. The number of nitrogens with two attached hydrogens (primary N) is 1. The third-order valence-electron chi connectivity index (χ3n) is 3.72. The van der Waals surface area contributed by atoms with Crippen LogP contribution < -0.4 is 5.73 Å². The lowest BCUT2D eigenvalue weighted by Crippen LogP contribution is -2.06. The highest BCUT2D eigenvalue weighted by molar-refractivity contribution is 6.35. The molecule has 3 rings (SSSR count). The van der Waals surface area contributed by atoms with E-state index in [0.717, 1.165) is 5.56 Å². The summed E-state index contributed by atoms with van der Waals surface area (Å²) >= 11 is 12.3. The fourth-order valence-corrected chi connectivity index (χ4v) is 3.01. The van der Waals surface area contributed by atoms with Gasteiger partial charge in [0.05, 0.1) is 10.7 Å². The Hall–Kier alpha value is -2.14. The highest BCUT2D eigenvalue weighted by Crippen LogP contribution is 2.31. The summed E-state index contributed by atoms with van der Waals surface area (Å²) in [5.41, 5.74) is 8.89. The first kappa shape index (κ1) is 16.7. The zero-order valence-corrected chi connectivity index (χ0v) is 14.5. The molecule has 2 aromatic carbocycles. The molecule has 0 unspecified atom stereocenters. The van der Waals surface area contributed by atoms with Crippen LogP contribution in [0.15, 0.2) is 48.7 Å². The topological polar surface area (TPSA) is 60.9 Å². The number of hydrogen-bond donors (Lipinski definition) is 1. The van der Waals surface area contributed by atoms with E-state index in [-0.39, 0.29) is 5.78 Å². The number of aromatic nitrogens is 2. The average Bonchev–Trinajstić information content (AvgIpc) is 2.95. The molecule has 0 fully saturated rings. The van der Waals surface area contributed by atoms with Gasteiger partial charge in [0.15, 0.2) is 5.78 Å². The molecular formula is C18H15Cl2N3O. The average molecular weight is 360 g/mol. The maximum absolute atomic E-state index is 13.0. The van der Waals surface area contributed by atoms with Crippen LogP contribution in [0.1, 0.15) is 21.5 Å². The van der Waals surface area contributed by atoms with Gasteiger partial charge in [-0.1, -0.05) is 41.4 Å². The first-order valence-electron chi connectivity index (χ1n) is 7.33. The molecule has 0 bridgehead atoms. The molecule has 0 atom stereocenters. The largest absolute Gasteiger partial charge is 0.326 e. The number of halogens is 2. The Kier molecular flexibility index (Phi) is 4.71. The van der Waals surface area contributed by atoms with Gasteiger partial charge in [-0.25, -0.2) is 0 Å². The summed E-state index contributed by atoms with van der Waals surface area (Å²) in [5.74, 6) is -0.202. The number of rotatable bonds is 4. The Balaban J connectivity index is 2.20. The summed E-state index contributed by atoms with van der Waals surface area (Å²) in [6.07, 6.45) is 1.84. The van der Waals surface area contributed by atoms with Gasteiger partial charge in [-0.05, 0) is 24.3 Å². The molecule has 122 valence electrons. The summed E-state index contributed by atoms with van der Waals surface area (Å²) in [4.78, 5) is 13.0. The minimum atomic E-state index is -0.202. The van der Waals surface area contributed by atoms with Crippen LogP contribution in [0.5, 0.6) is 0 Å². The predicted molar refractivity (Wildman–Crippen MR) is 96.4 cm³/mol. The van der Waals surface area contributed by atoms with E-state index in [0.29, 0.717) is 39.0 Å². The van der Waals surface area contributed by atoms with E-state index in [4.69, 9.17) is 28.9 Å². The Bertz CT molecular complexity index is 918. The lowest BCUT2D eigenvalue weighted by Gasteiger charge is -2.10. The smallest absolute Gasteiger partial charge is 0.195 e. The Labute approximate surface area is 149 Å². The van der Waals surface area contributed by atoms with Crippen molar-refractivity contribution >= 4 is 29.0 Å². The molecule has 0 aliphatic rings. The summed E-state index contributed by atoms with van der Waals surface area (Å²) in [6, 6.07) is 12.1. The quantitative estimate of drug-likeness (QED) is 0.713. The fraction of sp³-hybridized carbons (Fsp3) is 0.111. The van der Waals surface area contributed by atoms with E-state index in [1.165, 1.54) is 0 Å². The van der Waals surface area contributed by atoms with Gasteiger partial charge in [-0.3, -0.25) is 9.48 Å². The lowest BCUT2D eigenvalue weighted by molar-refractivity contribution is 0.103. The second kappa shape index (κ2) is 6.77. The molecule has 0 saturated heterocycles. The molecule has 0 radical (unpaired) electrons. The predicted octanol–water partition coefficient (Wildman–Crippen LogP) is 4.08. The van der Waals surface area contributed by atoms with E-state index in [1.807, 2.05) is 13.2 Å². The molecule has 4 nitrogen and oxygen atoms in total. The minimum Gasteiger partial charge on any atom is -0.326 e. The third-order valence-corrected chi connectivity index (χ3v) is 4.29. The molecule has 24 heavy (non-hydrogen) atoms. The van der Waals surface area contributed by atoms with Gasteiger partial charge in [0, 0.05) is 47.1 Å². The maximum atomic E-state index is 13.0. The van der Waals surface area contributed by atoms with Gasteiger partial charge in [-0.2, -0.15) is 5.10 Å². The number of benzene rings is 2. The van der Waals surface area contributed by atoms with Crippen LogP contribution >= 0.6 is 23.2 Å². The minimum absolute atomic E-state index is 0.202. The molecule has 0 aliphatic heterocycles. The lowest BCUT2D eigenvalue weighted by atomic mass is 9.95. The zero-order valence-electron chi connectivity index (χ0n) is 13.0. The van der Waals surface area contributed by atoms with Crippen LogP contribution in [-0.4, -0.2) is 15.6 Å². The van der Waals surface area contributed by atoms with Crippen LogP contribution in [0.2, 0.25) is 10.0 Å². The van der Waals surface area contributed by atoms with E-state index in [1.54, 1.807) is 47.1 Å². The summed E-state index contributed by atoms with van der Waals surface area (Å²) in [5, 5.41) is 5.32. The van der Waals surface area contributed by atoms with Gasteiger partial charge in [-0.15, -0.1) is 0 Å². The number of aryl methyl sites for hydroxylation is 1. The first-order chi connectivity index (χ1) is 11.5. The maximum Gasteiger partial charge on any atom is 0.195 e. The molecule has 0 saturated carbocycles. The second-order valence-electron chi connectivity index (χ2n) is 5.38. The highest BCUT2D eigenvalue weighted by atomic mass is 35.5. The molecule has 2 N–H and O–H groups in total. The molecule has 0 amide bonds. The van der Waals surface area contributed by atoms with Crippen molar-refractivity contribution in [1.82, 2.24) is 9.78 Å². The van der Waals surface area contributed by atoms with Crippen molar-refractivity contribution in [3.05, 3.63) is 75.4 Å². The van der Waals surface area contributed by atoms with Gasteiger partial charge >= 0.3 is 0 Å². The van der Waals surface area contributed by atoms with Crippen molar-refractivity contribution in [2.45, 2.75) is 6.54 Å². The number of carbonyl (C=O) groups excluding carboxylic acids is 1. The van der Waals surface area contributed by atoms with Crippen molar-refractivity contribution in [3.8, 4) is 11.3 Å². The molecular weight excluding hydrogens is 345 g/mol. The number of ketones is 1. The van der Waals surface area contributed by atoms with Crippen molar-refractivity contribution in [2.75, 3.05) is 0 Å². The molecule has 0 spiro atoms. The Morgan fingerprint density at radius 2 is 1.92 bits per heavy atom. The Morgan fingerprint density at radius 1 is 1.17 bits per heavy atom. The normalized spacial score (nSPS) is 10.8. The summed E-state index contributed by atoms with van der Waals surface area (Å²) in [7, 11) is 1.81. The monoisotopic (exact) mass is 359 g/mol. The van der Waals surface area contributed by atoms with Crippen molar-refractivity contribution in [2.24, 2.45) is 12.8 Å². The van der Waals surface area contributed by atoms with E-state index < -0.39 is 0 Å². The SMILES string of the molecule is Cn1cc(CN)c(-c2ccc(Cl)cc2C(=O)c2ccccc2Cl)n1. The van der Waals surface area contributed by atoms with Gasteiger partial charge in [0.2, 0.25) is 0 Å². The van der Waals surface area contributed by atoms with Crippen molar-refractivity contribution in [3.63, 3.8) is 0 Å². The van der Waals surface area contributed by atoms with E-state index >= 15 is 0 Å². The highest BCUT2D eigenvalue weighted by Gasteiger charge is 2.20. The molecule has 3 aromatic rings. The van der Waals surface area contributed by atoms with Crippen LogP contribution in [0, 0.1) is 0 Å². The van der Waals surface area contributed by atoms with Gasteiger partial charge in [0.25, 0.3) is 0 Å². The molecule has 6 heteroatoms. The second-order valence-corrected chi connectivity index (χ2v) is 6.22. The van der Waals surface area contributed by atoms with Crippen LogP contribution in [0.25, 0.3) is 11.3 Å². The van der Waals surface area contributed by atoms with Gasteiger partial charge in [0.1, 0.15) is 0 Å². The molecule has 0 aliphatic carbocycles. The van der Waals surface area contributed by atoms with Crippen molar-refractivity contribution in [1.29, 1.82) is 0 Å². The standard InChI is InChI=1S/C18H15Cl2N3O/c1-23-10-11(9-21)17(22-23)13-7-6-12(19)8-15(13)18(24)14-4-2-3-5-16(14)20/h2-8,10H,9,21H2,1H3. The zero-order chi connectivity index (χ0) is 17.3. The number of carbonyl (C=O) groups is 1. The fourth-order valence-electron chi connectivity index (χ4n) is 2.61. The first-order valence-corrected chi connectivity index (χ1v) is 8.08. The summed E-state index contributed by atoms with van der Waals surface area (Å²) < 4.78 is 1.68. The van der Waals surface area contributed by atoms with Crippen LogP contribution in [-0.2, 0) is 13.6 Å². The Morgan fingerprint density at radius 3 is 2.62 bits per heavy atom. The molecule has 1 heterocycles. The molecule has 1 aromatic heterocycles. The van der Waals surface area contributed by atoms with E-state index in [2.05, 4.69) is 5.10 Å². The van der Waals surface area contributed by atoms with Crippen molar-refractivity contribution < 1.29 is 4.79 Å². The summed E-state index contributed by atoms with van der Waals surface area (Å²) in [6.45, 7) is 0.325. The number of hydrogen-bond acceptors (Lipinski definition) is 3. The van der Waals surface area contributed by atoms with E-state index in [9.17, 15) is 4.79 Å². The van der Waals surface area contributed by atoms with Gasteiger partial charge < -0.3 is 5.73 Å².